The van der Waals surface area contributed by atoms with Gasteiger partial charge in [-0.25, -0.2) is 19.0 Å². The lowest BCUT2D eigenvalue weighted by Crippen LogP contribution is -2.39. The molecule has 0 N–H and O–H groups in total. The Labute approximate surface area is 165 Å². The summed E-state index contributed by atoms with van der Waals surface area (Å²) >= 11 is 0. The third-order valence-corrected chi connectivity index (χ3v) is 4.02. The minimum atomic E-state index is -0.896. The average Bonchev–Trinajstić information content (AvgIpc) is 2.72. The molecule has 0 spiro atoms. The number of rotatable bonds is 6. The number of hydrogen-bond acceptors (Lipinski definition) is 7. The summed E-state index contributed by atoms with van der Waals surface area (Å²) in [5.41, 5.74) is 0.0402. The van der Waals surface area contributed by atoms with Gasteiger partial charge in [-0.2, -0.15) is 4.73 Å². The van der Waals surface area contributed by atoms with Crippen LogP contribution in [0, 0.1) is 11.0 Å². The molecule has 3 aromatic rings. The normalized spacial score (nSPS) is 10.6. The number of hydrogen-bond donors (Lipinski definition) is 0. The second-order valence-corrected chi connectivity index (χ2v) is 5.86. The van der Waals surface area contributed by atoms with E-state index in [0.717, 1.165) is 12.1 Å². The van der Waals surface area contributed by atoms with Crippen molar-refractivity contribution in [3.8, 4) is 5.75 Å². The first-order valence-corrected chi connectivity index (χ1v) is 8.64. The van der Waals surface area contributed by atoms with Crippen LogP contribution in [-0.4, -0.2) is 30.6 Å². The van der Waals surface area contributed by atoms with Crippen LogP contribution in [-0.2, 0) is 16.1 Å². The van der Waals surface area contributed by atoms with Gasteiger partial charge in [0.25, 0.3) is 0 Å². The predicted molar refractivity (Wildman–Crippen MR) is 98.7 cm³/mol. The molecular weight excluding hydrogens is 383 g/mol. The molecule has 0 aliphatic rings. The summed E-state index contributed by atoms with van der Waals surface area (Å²) in [5, 5.41) is 12.8. The largest absolute Gasteiger partial charge is 0.618 e. The first-order chi connectivity index (χ1) is 13.9. The molecule has 0 atom stereocenters. The van der Waals surface area contributed by atoms with Crippen molar-refractivity contribution in [2.75, 3.05) is 13.7 Å². The van der Waals surface area contributed by atoms with Gasteiger partial charge >= 0.3 is 17.6 Å². The van der Waals surface area contributed by atoms with Crippen molar-refractivity contribution in [1.82, 2.24) is 4.98 Å². The summed E-state index contributed by atoms with van der Waals surface area (Å²) in [6.07, 6.45) is 0. The Balaban J connectivity index is 1.98. The highest BCUT2D eigenvalue weighted by atomic mass is 19.1. The second kappa shape index (κ2) is 8.51. The molecule has 9 heteroatoms. The minimum Gasteiger partial charge on any atom is -0.618 e. The summed E-state index contributed by atoms with van der Waals surface area (Å²) in [6.45, 7) is 1.19. The lowest BCUT2D eigenvalue weighted by Gasteiger charge is -2.12. The summed E-state index contributed by atoms with van der Waals surface area (Å²) in [5.74, 6) is -1.74. The van der Waals surface area contributed by atoms with Gasteiger partial charge in [0.15, 0.2) is 5.69 Å². The summed E-state index contributed by atoms with van der Waals surface area (Å²) in [6, 6.07) is 9.35. The monoisotopic (exact) mass is 400 g/mol. The zero-order chi connectivity index (χ0) is 21.0. The molecule has 0 saturated carbocycles. The van der Waals surface area contributed by atoms with E-state index in [4.69, 9.17) is 14.2 Å². The molecule has 0 unspecified atom stereocenters. The van der Waals surface area contributed by atoms with Crippen LogP contribution in [0.5, 0.6) is 5.75 Å². The van der Waals surface area contributed by atoms with Crippen molar-refractivity contribution in [2.45, 2.75) is 13.5 Å². The summed E-state index contributed by atoms with van der Waals surface area (Å²) in [7, 11) is 1.44. The van der Waals surface area contributed by atoms with Crippen LogP contribution in [0.2, 0.25) is 0 Å². The van der Waals surface area contributed by atoms with E-state index in [-0.39, 0.29) is 34.6 Å². The van der Waals surface area contributed by atoms with Crippen molar-refractivity contribution < 1.29 is 32.9 Å². The number of aromatic nitrogens is 2. The third kappa shape index (κ3) is 4.23. The first-order valence-electron chi connectivity index (χ1n) is 8.64. The molecule has 0 bridgehead atoms. The van der Waals surface area contributed by atoms with Gasteiger partial charge in [0.2, 0.25) is 5.52 Å². The Morgan fingerprint density at radius 1 is 1.10 bits per heavy atom. The van der Waals surface area contributed by atoms with Gasteiger partial charge in [-0.3, -0.25) is 0 Å². The fraction of sp³-hybridized carbons (Fsp3) is 0.200. The zero-order valence-corrected chi connectivity index (χ0v) is 15.7. The Morgan fingerprint density at radius 2 is 1.83 bits per heavy atom. The quantitative estimate of drug-likeness (QED) is 0.356. The highest BCUT2D eigenvalue weighted by Crippen LogP contribution is 2.19. The third-order valence-electron chi connectivity index (χ3n) is 4.02. The van der Waals surface area contributed by atoms with E-state index in [1.807, 2.05) is 0 Å². The van der Waals surface area contributed by atoms with E-state index in [1.54, 1.807) is 19.1 Å². The van der Waals surface area contributed by atoms with Crippen LogP contribution in [0.4, 0.5) is 4.39 Å². The Morgan fingerprint density at radius 3 is 2.48 bits per heavy atom. The molecule has 1 aromatic heterocycles. The van der Waals surface area contributed by atoms with Crippen molar-refractivity contribution in [3.63, 3.8) is 0 Å². The molecule has 3 rings (SSSR count). The van der Waals surface area contributed by atoms with Crippen LogP contribution in [0.25, 0.3) is 11.0 Å². The standard InChI is InChI=1S/C20H17FN2O6/c1-3-28-20(25)18-16(11-29-19(24)12-4-6-13(21)7-5-12)22-15-9-8-14(27-2)10-17(15)23(18)26/h4-10H,3,11H2,1-2H3. The minimum absolute atomic E-state index is 0.0454. The topological polar surface area (TPSA) is 102 Å². The summed E-state index contributed by atoms with van der Waals surface area (Å²) < 4.78 is 28.6. The van der Waals surface area contributed by atoms with Gasteiger partial charge in [0, 0.05) is 0 Å². The number of benzene rings is 2. The van der Waals surface area contributed by atoms with E-state index in [9.17, 15) is 19.2 Å². The first kappa shape index (κ1) is 20.0. The van der Waals surface area contributed by atoms with Crippen LogP contribution in [0.1, 0.15) is 33.5 Å². The lowest BCUT2D eigenvalue weighted by atomic mass is 10.2. The number of carbonyl (C=O) groups is 2. The molecular formula is C20H17FN2O6. The predicted octanol–water partition coefficient (Wildman–Crippen LogP) is 2.55. The number of halogens is 1. The molecule has 150 valence electrons. The highest BCUT2D eigenvalue weighted by molar-refractivity contribution is 5.90. The Kier molecular flexibility index (Phi) is 5.87. The fourth-order valence-corrected chi connectivity index (χ4v) is 2.63. The van der Waals surface area contributed by atoms with Crippen molar-refractivity contribution >= 4 is 23.0 Å². The van der Waals surface area contributed by atoms with Gasteiger partial charge in [-0.05, 0) is 43.3 Å². The summed E-state index contributed by atoms with van der Waals surface area (Å²) in [4.78, 5) is 28.8. The molecule has 0 fully saturated rings. The number of carbonyl (C=O) groups excluding carboxylic acids is 2. The van der Waals surface area contributed by atoms with Crippen LogP contribution < -0.4 is 9.47 Å². The molecule has 2 aromatic carbocycles. The molecule has 0 aliphatic heterocycles. The lowest BCUT2D eigenvalue weighted by molar-refractivity contribution is -0.581. The van der Waals surface area contributed by atoms with E-state index in [1.165, 1.54) is 25.3 Å². The van der Waals surface area contributed by atoms with E-state index < -0.39 is 24.4 Å². The van der Waals surface area contributed by atoms with Crippen LogP contribution >= 0.6 is 0 Å². The smallest absolute Gasteiger partial charge is 0.407 e. The van der Waals surface area contributed by atoms with Gasteiger partial charge in [0.1, 0.15) is 23.7 Å². The molecule has 0 saturated heterocycles. The van der Waals surface area contributed by atoms with Crippen molar-refractivity contribution in [3.05, 3.63) is 70.4 Å². The van der Waals surface area contributed by atoms with E-state index in [0.29, 0.717) is 10.5 Å². The van der Waals surface area contributed by atoms with Gasteiger partial charge in [0.05, 0.1) is 25.3 Å². The molecule has 1 heterocycles. The molecule has 0 amide bonds. The van der Waals surface area contributed by atoms with E-state index >= 15 is 0 Å². The number of esters is 2. The van der Waals surface area contributed by atoms with Crippen LogP contribution in [0.3, 0.4) is 0 Å². The fourth-order valence-electron chi connectivity index (χ4n) is 2.63. The van der Waals surface area contributed by atoms with E-state index in [2.05, 4.69) is 4.98 Å². The molecule has 29 heavy (non-hydrogen) atoms. The SMILES string of the molecule is CCOC(=O)c1c(COC(=O)c2ccc(F)cc2)nc2ccc(OC)cc2[n+]1[O-]. The number of nitrogens with zero attached hydrogens (tertiary/aromatic N) is 2. The highest BCUT2D eigenvalue weighted by Gasteiger charge is 2.28. The van der Waals surface area contributed by atoms with Crippen molar-refractivity contribution in [1.29, 1.82) is 0 Å². The molecule has 8 nitrogen and oxygen atoms in total. The second-order valence-electron chi connectivity index (χ2n) is 5.86. The van der Waals surface area contributed by atoms with Gasteiger partial charge in [-0.15, -0.1) is 0 Å². The average molecular weight is 400 g/mol. The number of fused-ring (bicyclic) bond motifs is 1. The number of methoxy groups -OCH3 is 1. The molecule has 0 radical (unpaired) electrons. The molecule has 0 aliphatic carbocycles. The zero-order valence-electron chi connectivity index (χ0n) is 15.7. The Bertz CT molecular complexity index is 1070. The maximum Gasteiger partial charge on any atom is 0.407 e. The maximum atomic E-state index is 13.0. The van der Waals surface area contributed by atoms with Gasteiger partial charge in [-0.1, -0.05) is 0 Å². The van der Waals surface area contributed by atoms with Crippen molar-refractivity contribution in [2.24, 2.45) is 0 Å². The van der Waals surface area contributed by atoms with Gasteiger partial charge < -0.3 is 19.4 Å². The number of ether oxygens (including phenoxy) is 3. The van der Waals surface area contributed by atoms with Crippen LogP contribution in [0.15, 0.2) is 42.5 Å². The maximum absolute atomic E-state index is 13.0. The Hall–Kier alpha value is -3.75.